The largest absolute Gasteiger partial charge is 0.497 e. The van der Waals surface area contributed by atoms with Gasteiger partial charge in [0.25, 0.3) is 0 Å². The van der Waals surface area contributed by atoms with E-state index < -0.39 is 0 Å². The predicted molar refractivity (Wildman–Crippen MR) is 86.9 cm³/mol. The van der Waals surface area contributed by atoms with Crippen molar-refractivity contribution in [2.24, 2.45) is 5.41 Å². The Balaban J connectivity index is 2.40. The quantitative estimate of drug-likeness (QED) is 0.786. The van der Waals surface area contributed by atoms with Gasteiger partial charge in [0.05, 0.1) is 14.2 Å². The first-order valence-electron chi connectivity index (χ1n) is 7.34. The molecule has 0 N–H and O–H groups in total. The van der Waals surface area contributed by atoms with Crippen LogP contribution in [0.2, 0.25) is 0 Å². The Labute approximate surface area is 135 Å². The molecule has 0 amide bonds. The molecular weight excluding hydrogens is 303 g/mol. The molecule has 0 aliphatic carbocycles. The molecule has 0 aromatic heterocycles. The van der Waals surface area contributed by atoms with Crippen molar-refractivity contribution in [3.05, 3.63) is 29.6 Å². The lowest BCUT2D eigenvalue weighted by Crippen LogP contribution is -2.27. The van der Waals surface area contributed by atoms with Crippen molar-refractivity contribution in [1.82, 2.24) is 0 Å². The van der Waals surface area contributed by atoms with E-state index in [1.54, 1.807) is 31.0 Å². The van der Waals surface area contributed by atoms with Gasteiger partial charge in [-0.15, -0.1) is 11.8 Å². The second-order valence-electron chi connectivity index (χ2n) is 6.66. The van der Waals surface area contributed by atoms with Gasteiger partial charge >= 0.3 is 5.97 Å². The van der Waals surface area contributed by atoms with Gasteiger partial charge in [-0.2, -0.15) is 0 Å². The molecule has 5 heteroatoms. The van der Waals surface area contributed by atoms with E-state index >= 15 is 0 Å². The van der Waals surface area contributed by atoms with Gasteiger partial charge in [-0.3, -0.25) is 4.79 Å². The smallest absolute Gasteiger partial charge is 0.318 e. The Bertz CT molecular complexity index is 553. The summed E-state index contributed by atoms with van der Waals surface area (Å²) in [6.07, 6.45) is 0.587. The van der Waals surface area contributed by atoms with Crippen LogP contribution in [0.5, 0.6) is 5.75 Å². The number of rotatable bonds is 3. The van der Waals surface area contributed by atoms with Gasteiger partial charge in [0, 0.05) is 11.2 Å². The van der Waals surface area contributed by atoms with E-state index in [0.717, 1.165) is 0 Å². The molecule has 0 radical (unpaired) electrons. The highest BCUT2D eigenvalue weighted by Crippen LogP contribution is 2.52. The summed E-state index contributed by atoms with van der Waals surface area (Å²) >= 11 is 1.59. The number of halogens is 1. The lowest BCUT2D eigenvalue weighted by Gasteiger charge is -2.32. The van der Waals surface area contributed by atoms with Crippen LogP contribution >= 0.6 is 11.8 Å². The summed E-state index contributed by atoms with van der Waals surface area (Å²) in [7, 11) is 2.97. The number of carbonyl (C=O) groups excluding carboxylic acids is 1. The lowest BCUT2D eigenvalue weighted by molar-refractivity contribution is -0.140. The van der Waals surface area contributed by atoms with Gasteiger partial charge in [0.15, 0.2) is 0 Å². The lowest BCUT2D eigenvalue weighted by atomic mass is 9.79. The first-order chi connectivity index (χ1) is 10.3. The van der Waals surface area contributed by atoms with Crippen LogP contribution in [0.15, 0.2) is 18.2 Å². The maximum atomic E-state index is 14.3. The Kier molecular flexibility index (Phi) is 5.05. The van der Waals surface area contributed by atoms with Gasteiger partial charge in [0.2, 0.25) is 0 Å². The van der Waals surface area contributed by atoms with Crippen LogP contribution < -0.4 is 4.74 Å². The van der Waals surface area contributed by atoms with Gasteiger partial charge in [-0.25, -0.2) is 4.39 Å². The topological polar surface area (TPSA) is 35.5 Å². The number of esters is 1. The van der Waals surface area contributed by atoms with Crippen molar-refractivity contribution in [3.63, 3.8) is 0 Å². The van der Waals surface area contributed by atoms with Crippen LogP contribution in [0.25, 0.3) is 0 Å². The molecule has 1 aliphatic heterocycles. The molecule has 1 heterocycles. The van der Waals surface area contributed by atoms with Crippen LogP contribution in [0, 0.1) is 11.2 Å². The van der Waals surface area contributed by atoms with Gasteiger partial charge in [-0.05, 0) is 35.6 Å². The molecule has 1 saturated heterocycles. The number of carbonyl (C=O) groups is 1. The molecule has 3 unspecified atom stereocenters. The summed E-state index contributed by atoms with van der Waals surface area (Å²) in [6, 6.07) is 4.80. The average Bonchev–Trinajstić information content (AvgIpc) is 2.92. The zero-order valence-corrected chi connectivity index (χ0v) is 14.5. The molecule has 122 valence electrons. The van der Waals surface area contributed by atoms with Crippen LogP contribution in [-0.2, 0) is 9.53 Å². The van der Waals surface area contributed by atoms with Crippen LogP contribution in [-0.4, -0.2) is 30.7 Å². The molecule has 1 aliphatic rings. The maximum Gasteiger partial charge on any atom is 0.318 e. The molecule has 2 rings (SSSR count). The third-order valence-corrected chi connectivity index (χ3v) is 6.11. The average molecular weight is 326 g/mol. The van der Waals surface area contributed by atoms with Gasteiger partial charge in [0.1, 0.15) is 16.8 Å². The van der Waals surface area contributed by atoms with E-state index in [9.17, 15) is 9.18 Å². The SMILES string of the molecule is COC(=O)C1CC(c2cc(OC)ccc2F)C(C(C)(C)C)S1. The molecule has 3 atom stereocenters. The fraction of sp³-hybridized carbons (Fsp3) is 0.588. The number of ether oxygens (including phenoxy) is 2. The van der Waals surface area contributed by atoms with Crippen molar-refractivity contribution in [3.8, 4) is 5.75 Å². The fourth-order valence-corrected chi connectivity index (χ4v) is 4.73. The summed E-state index contributed by atoms with van der Waals surface area (Å²) in [5.74, 6) is 0.121. The minimum absolute atomic E-state index is 0.0378. The molecule has 0 bridgehead atoms. The summed E-state index contributed by atoms with van der Waals surface area (Å²) in [4.78, 5) is 11.9. The zero-order valence-electron chi connectivity index (χ0n) is 13.7. The predicted octanol–water partition coefficient (Wildman–Crippen LogP) is 4.01. The van der Waals surface area contributed by atoms with Crippen molar-refractivity contribution >= 4 is 17.7 Å². The van der Waals surface area contributed by atoms with Crippen LogP contribution in [0.1, 0.15) is 38.7 Å². The van der Waals surface area contributed by atoms with Crippen molar-refractivity contribution < 1.29 is 18.7 Å². The first kappa shape index (κ1) is 17.1. The molecule has 0 spiro atoms. The number of hydrogen-bond acceptors (Lipinski definition) is 4. The number of thioether (sulfide) groups is 1. The minimum Gasteiger partial charge on any atom is -0.497 e. The Morgan fingerprint density at radius 3 is 2.55 bits per heavy atom. The highest BCUT2D eigenvalue weighted by atomic mass is 32.2. The molecular formula is C17H23FO3S. The van der Waals surface area contributed by atoms with E-state index in [0.29, 0.717) is 17.7 Å². The third kappa shape index (κ3) is 3.40. The van der Waals surface area contributed by atoms with E-state index in [4.69, 9.17) is 9.47 Å². The Hall–Kier alpha value is -1.23. The highest BCUT2D eigenvalue weighted by Gasteiger charge is 2.45. The summed E-state index contributed by atoms with van der Waals surface area (Å²) in [6.45, 7) is 6.36. The molecule has 1 aromatic rings. The summed E-state index contributed by atoms with van der Waals surface area (Å²) in [5, 5.41) is -0.108. The van der Waals surface area contributed by atoms with E-state index in [2.05, 4.69) is 20.8 Å². The third-order valence-electron chi connectivity index (χ3n) is 4.06. The molecule has 1 fully saturated rings. The number of methoxy groups -OCH3 is 2. The molecule has 1 aromatic carbocycles. The second-order valence-corrected chi connectivity index (χ2v) is 8.01. The number of benzene rings is 1. The van der Waals surface area contributed by atoms with Crippen molar-refractivity contribution in [1.29, 1.82) is 0 Å². The van der Waals surface area contributed by atoms with Gasteiger partial charge < -0.3 is 9.47 Å². The standard InChI is InChI=1S/C17H23FO3S/c1-17(2,3)15-12(9-14(22-15)16(19)21-5)11-8-10(20-4)6-7-13(11)18/h6-8,12,14-15H,9H2,1-5H3. The normalized spacial score (nSPS) is 25.1. The minimum atomic E-state index is -0.246. The van der Waals surface area contributed by atoms with Crippen LogP contribution in [0.3, 0.4) is 0 Å². The summed E-state index contributed by atoms with van der Waals surface area (Å²) < 4.78 is 24.4. The molecule has 22 heavy (non-hydrogen) atoms. The van der Waals surface area contributed by atoms with Crippen LogP contribution in [0.4, 0.5) is 4.39 Å². The Morgan fingerprint density at radius 1 is 1.32 bits per heavy atom. The summed E-state index contributed by atoms with van der Waals surface area (Å²) in [5.41, 5.74) is 0.575. The van der Waals surface area contributed by atoms with Crippen molar-refractivity contribution in [2.45, 2.75) is 43.6 Å². The van der Waals surface area contributed by atoms with E-state index in [1.807, 2.05) is 0 Å². The maximum absolute atomic E-state index is 14.3. The Morgan fingerprint density at radius 2 is 2.00 bits per heavy atom. The second kappa shape index (κ2) is 6.49. The zero-order chi connectivity index (χ0) is 16.5. The number of hydrogen-bond donors (Lipinski definition) is 0. The highest BCUT2D eigenvalue weighted by molar-refractivity contribution is 8.01. The van der Waals surface area contributed by atoms with Gasteiger partial charge in [-0.1, -0.05) is 20.8 Å². The molecule has 3 nitrogen and oxygen atoms in total. The molecule has 0 saturated carbocycles. The van der Waals surface area contributed by atoms with Crippen molar-refractivity contribution in [2.75, 3.05) is 14.2 Å². The van der Waals surface area contributed by atoms with E-state index in [1.165, 1.54) is 13.2 Å². The first-order valence-corrected chi connectivity index (χ1v) is 8.29. The van der Waals surface area contributed by atoms with E-state index in [-0.39, 0.29) is 33.6 Å². The fourth-order valence-electron chi connectivity index (χ4n) is 3.00. The monoisotopic (exact) mass is 326 g/mol.